The first-order valence-corrected chi connectivity index (χ1v) is 12.3. The molecule has 0 aromatic heterocycles. The van der Waals surface area contributed by atoms with Gasteiger partial charge in [-0.3, -0.25) is 0 Å². The van der Waals surface area contributed by atoms with Gasteiger partial charge >= 0.3 is 23.9 Å². The highest BCUT2D eigenvalue weighted by atomic mass is 16.4. The van der Waals surface area contributed by atoms with Crippen molar-refractivity contribution < 1.29 is 39.6 Å². The smallest absolute Gasteiger partial charge is 0.336 e. The second kappa shape index (κ2) is 16.1. The zero-order valence-corrected chi connectivity index (χ0v) is 21.0. The molecule has 0 aliphatic rings. The maximum atomic E-state index is 11.7. The van der Waals surface area contributed by atoms with Crippen LogP contribution in [-0.2, 0) is 12.8 Å². The minimum Gasteiger partial charge on any atom is -0.478 e. The lowest BCUT2D eigenvalue weighted by Crippen LogP contribution is -2.14. The van der Waals surface area contributed by atoms with Gasteiger partial charge in [-0.25, -0.2) is 19.2 Å². The van der Waals surface area contributed by atoms with Crippen molar-refractivity contribution in [1.29, 1.82) is 0 Å². The van der Waals surface area contributed by atoms with E-state index in [0.717, 1.165) is 49.7 Å². The predicted molar refractivity (Wildman–Crippen MR) is 136 cm³/mol. The summed E-state index contributed by atoms with van der Waals surface area (Å²) in [5, 5.41) is 36.0. The second-order valence-corrected chi connectivity index (χ2v) is 8.51. The van der Waals surface area contributed by atoms with Gasteiger partial charge in [-0.2, -0.15) is 0 Å². The highest BCUT2D eigenvalue weighted by molar-refractivity contribution is 6.03. The molecule has 0 heterocycles. The number of carboxylic acid groups (broad SMARTS) is 4. The van der Waals surface area contributed by atoms with Gasteiger partial charge < -0.3 is 20.4 Å². The molecule has 4 N–H and O–H groups in total. The summed E-state index contributed by atoms with van der Waals surface area (Å²) in [7, 11) is 0. The number of unbranched alkanes of at least 4 members (excludes halogenated alkanes) is 6. The van der Waals surface area contributed by atoms with E-state index in [1.165, 1.54) is 49.6 Å². The van der Waals surface area contributed by atoms with E-state index in [1.54, 1.807) is 6.07 Å². The molecule has 0 spiro atoms. The zero-order chi connectivity index (χ0) is 27.1. The molecule has 2 rings (SSSR count). The topological polar surface area (TPSA) is 149 Å². The summed E-state index contributed by atoms with van der Waals surface area (Å²) in [5.74, 6) is -4.76. The Morgan fingerprint density at radius 3 is 1.53 bits per heavy atom. The Morgan fingerprint density at radius 2 is 1.06 bits per heavy atom. The van der Waals surface area contributed by atoms with Gasteiger partial charge in [0, 0.05) is 0 Å². The maximum Gasteiger partial charge on any atom is 0.336 e. The van der Waals surface area contributed by atoms with Crippen molar-refractivity contribution in [3.05, 3.63) is 69.8 Å². The molecule has 0 fully saturated rings. The molecule has 0 unspecified atom stereocenters. The van der Waals surface area contributed by atoms with Crippen molar-refractivity contribution in [2.24, 2.45) is 0 Å². The van der Waals surface area contributed by atoms with E-state index >= 15 is 0 Å². The monoisotopic (exact) mass is 500 g/mol. The van der Waals surface area contributed by atoms with Crippen molar-refractivity contribution in [3.63, 3.8) is 0 Å². The number of carbonyl (C=O) groups is 4. The van der Waals surface area contributed by atoms with E-state index in [-0.39, 0.29) is 22.3 Å². The van der Waals surface area contributed by atoms with E-state index < -0.39 is 23.9 Å². The van der Waals surface area contributed by atoms with E-state index in [2.05, 4.69) is 13.8 Å². The number of aryl methyl sites for hydroxylation is 1. The van der Waals surface area contributed by atoms with Crippen LogP contribution < -0.4 is 0 Å². The van der Waals surface area contributed by atoms with E-state index in [0.29, 0.717) is 6.42 Å². The van der Waals surface area contributed by atoms with E-state index in [4.69, 9.17) is 10.2 Å². The fourth-order valence-corrected chi connectivity index (χ4v) is 3.94. The first-order valence-electron chi connectivity index (χ1n) is 12.3. The molecule has 8 heteroatoms. The third-order valence-corrected chi connectivity index (χ3v) is 5.82. The van der Waals surface area contributed by atoms with Crippen LogP contribution in [0, 0.1) is 0 Å². The van der Waals surface area contributed by atoms with Crippen molar-refractivity contribution >= 4 is 23.9 Å². The number of carboxylic acids is 4. The SMILES string of the molecule is CCCCCCCCc1c(CCCC)ccc(C(=O)O)c1C(=O)O.O=C(O)c1ccccc1C(=O)O. The minimum absolute atomic E-state index is 0.00957. The lowest BCUT2D eigenvalue weighted by Gasteiger charge is -2.15. The van der Waals surface area contributed by atoms with Crippen molar-refractivity contribution in [2.45, 2.75) is 78.1 Å². The summed E-state index contributed by atoms with van der Waals surface area (Å²) in [4.78, 5) is 44.0. The third kappa shape index (κ3) is 9.52. The number of benzene rings is 2. The van der Waals surface area contributed by atoms with Crippen molar-refractivity contribution in [1.82, 2.24) is 0 Å². The Morgan fingerprint density at radius 1 is 0.556 bits per heavy atom. The highest BCUT2D eigenvalue weighted by Gasteiger charge is 2.22. The van der Waals surface area contributed by atoms with Crippen LogP contribution in [0.2, 0.25) is 0 Å². The molecule has 36 heavy (non-hydrogen) atoms. The summed E-state index contributed by atoms with van der Waals surface area (Å²) < 4.78 is 0. The van der Waals surface area contributed by atoms with Crippen LogP contribution in [0.1, 0.15) is 118 Å². The first-order chi connectivity index (χ1) is 17.1. The van der Waals surface area contributed by atoms with Gasteiger partial charge in [-0.1, -0.05) is 70.6 Å². The van der Waals surface area contributed by atoms with Crippen LogP contribution in [0.25, 0.3) is 0 Å². The molecule has 2 aromatic carbocycles. The van der Waals surface area contributed by atoms with Gasteiger partial charge in [-0.15, -0.1) is 0 Å². The fraction of sp³-hybridized carbons (Fsp3) is 0.429. The van der Waals surface area contributed by atoms with Gasteiger partial charge in [-0.05, 0) is 55.0 Å². The van der Waals surface area contributed by atoms with Gasteiger partial charge in [0.25, 0.3) is 0 Å². The summed E-state index contributed by atoms with van der Waals surface area (Å²) >= 11 is 0. The molecule has 0 radical (unpaired) electrons. The van der Waals surface area contributed by atoms with Gasteiger partial charge in [0.05, 0.1) is 22.3 Å². The van der Waals surface area contributed by atoms with Gasteiger partial charge in [0.2, 0.25) is 0 Å². The van der Waals surface area contributed by atoms with E-state index in [1.807, 2.05) is 0 Å². The summed E-state index contributed by atoms with van der Waals surface area (Å²) in [6.45, 7) is 4.27. The molecule has 0 saturated carbocycles. The number of hydrogen-bond acceptors (Lipinski definition) is 4. The lowest BCUT2D eigenvalue weighted by atomic mass is 9.89. The predicted octanol–water partition coefficient (Wildman–Crippen LogP) is 6.41. The molecule has 0 saturated heterocycles. The van der Waals surface area contributed by atoms with Crippen LogP contribution in [0.5, 0.6) is 0 Å². The van der Waals surface area contributed by atoms with Crippen LogP contribution in [0.15, 0.2) is 36.4 Å². The Hall–Kier alpha value is -3.68. The number of rotatable bonds is 14. The van der Waals surface area contributed by atoms with Crippen molar-refractivity contribution in [2.75, 3.05) is 0 Å². The standard InChI is InChI=1S/C20H30O4.C8H6O4/c1-3-5-7-8-9-10-12-16-15(11-6-4-2)13-14-17(19(21)22)18(16)20(23)24;9-7(10)5-3-1-2-4-6(5)8(11)12/h13-14H,3-12H2,1-2H3,(H,21,22)(H,23,24);1-4H,(H,9,10)(H,11,12). The molecule has 0 bridgehead atoms. The molecular weight excluding hydrogens is 464 g/mol. The Bertz CT molecular complexity index is 1010. The molecule has 8 nitrogen and oxygen atoms in total. The molecule has 2 aromatic rings. The Balaban J connectivity index is 0.000000450. The molecule has 0 amide bonds. The first kappa shape index (κ1) is 30.4. The average Bonchev–Trinajstić information content (AvgIpc) is 2.84. The number of aromatic carboxylic acids is 4. The van der Waals surface area contributed by atoms with Gasteiger partial charge in [0.15, 0.2) is 0 Å². The molecule has 196 valence electrons. The summed E-state index contributed by atoms with van der Waals surface area (Å²) in [6.07, 6.45) is 10.2. The van der Waals surface area contributed by atoms with Crippen LogP contribution in [-0.4, -0.2) is 44.3 Å². The second-order valence-electron chi connectivity index (χ2n) is 8.51. The fourth-order valence-electron chi connectivity index (χ4n) is 3.94. The zero-order valence-electron chi connectivity index (χ0n) is 21.0. The Labute approximate surface area is 211 Å². The van der Waals surface area contributed by atoms with E-state index in [9.17, 15) is 29.4 Å². The third-order valence-electron chi connectivity index (χ3n) is 5.82. The Kier molecular flexibility index (Phi) is 13.6. The largest absolute Gasteiger partial charge is 0.478 e. The maximum absolute atomic E-state index is 11.7. The molecule has 0 aliphatic heterocycles. The lowest BCUT2D eigenvalue weighted by molar-refractivity contribution is 0.0650. The van der Waals surface area contributed by atoms with Gasteiger partial charge in [0.1, 0.15) is 0 Å². The molecule has 0 atom stereocenters. The van der Waals surface area contributed by atoms with Crippen LogP contribution in [0.4, 0.5) is 0 Å². The number of hydrogen-bond donors (Lipinski definition) is 4. The van der Waals surface area contributed by atoms with Crippen molar-refractivity contribution in [3.8, 4) is 0 Å². The normalized spacial score (nSPS) is 10.3. The van der Waals surface area contributed by atoms with Crippen LogP contribution >= 0.6 is 0 Å². The van der Waals surface area contributed by atoms with Crippen LogP contribution in [0.3, 0.4) is 0 Å². The molecule has 0 aliphatic carbocycles. The summed E-state index contributed by atoms with van der Waals surface area (Å²) in [5.41, 5.74) is 1.24. The molecular formula is C28H36O8. The summed E-state index contributed by atoms with van der Waals surface area (Å²) in [6, 6.07) is 8.73. The quantitative estimate of drug-likeness (QED) is 0.217. The average molecular weight is 501 g/mol. The minimum atomic E-state index is -1.23. The highest BCUT2D eigenvalue weighted by Crippen LogP contribution is 2.24.